The molecular formula is C12H15BrF3N3O. The third kappa shape index (κ3) is 4.36. The normalized spacial score (nSPS) is 11.6. The van der Waals surface area contributed by atoms with Crippen molar-refractivity contribution < 1.29 is 18.0 Å². The summed E-state index contributed by atoms with van der Waals surface area (Å²) in [5.74, 6) is -0.471. The molecule has 1 aromatic rings. The van der Waals surface area contributed by atoms with Crippen LogP contribution in [0.15, 0.2) is 16.7 Å². The van der Waals surface area contributed by atoms with Crippen LogP contribution in [0.1, 0.15) is 24.2 Å². The van der Waals surface area contributed by atoms with Gasteiger partial charge < -0.3 is 10.2 Å². The second-order valence-electron chi connectivity index (χ2n) is 4.44. The molecule has 0 radical (unpaired) electrons. The fourth-order valence-corrected chi connectivity index (χ4v) is 1.97. The first kappa shape index (κ1) is 16.7. The van der Waals surface area contributed by atoms with Crippen LogP contribution in [0.3, 0.4) is 0 Å². The first-order valence-electron chi connectivity index (χ1n) is 5.86. The van der Waals surface area contributed by atoms with E-state index in [1.165, 1.54) is 26.1 Å². The molecule has 0 aromatic carbocycles. The van der Waals surface area contributed by atoms with Gasteiger partial charge in [0.1, 0.15) is 12.4 Å². The van der Waals surface area contributed by atoms with Crippen molar-refractivity contribution in [2.45, 2.75) is 26.1 Å². The van der Waals surface area contributed by atoms with Gasteiger partial charge in [-0.05, 0) is 35.8 Å². The molecule has 4 nitrogen and oxygen atoms in total. The molecule has 0 bridgehead atoms. The van der Waals surface area contributed by atoms with Crippen molar-refractivity contribution in [1.82, 2.24) is 9.88 Å². The van der Waals surface area contributed by atoms with E-state index in [-0.39, 0.29) is 11.4 Å². The maximum Gasteiger partial charge on any atom is 0.406 e. The fraction of sp³-hybridized carbons (Fsp3) is 0.500. The summed E-state index contributed by atoms with van der Waals surface area (Å²) in [6, 6.07) is 0.875. The Morgan fingerprint density at radius 3 is 2.55 bits per heavy atom. The molecule has 20 heavy (non-hydrogen) atoms. The lowest BCUT2D eigenvalue weighted by molar-refractivity contribution is -0.143. The summed E-state index contributed by atoms with van der Waals surface area (Å²) in [6.45, 7) is 1.78. The van der Waals surface area contributed by atoms with Crippen LogP contribution in [0.4, 0.5) is 19.0 Å². The van der Waals surface area contributed by atoms with E-state index in [9.17, 15) is 18.0 Å². The average molecular weight is 354 g/mol. The predicted octanol–water partition coefficient (Wildman–Crippen LogP) is 3.30. The molecule has 8 heteroatoms. The van der Waals surface area contributed by atoms with Gasteiger partial charge in [-0.1, -0.05) is 0 Å². The number of rotatable bonds is 4. The summed E-state index contributed by atoms with van der Waals surface area (Å²) in [7, 11) is 1.55. The van der Waals surface area contributed by atoms with Gasteiger partial charge in [0.2, 0.25) is 0 Å². The van der Waals surface area contributed by atoms with Crippen LogP contribution in [-0.2, 0) is 0 Å². The van der Waals surface area contributed by atoms with E-state index >= 15 is 0 Å². The Kier molecular flexibility index (Phi) is 5.38. The van der Waals surface area contributed by atoms with Crippen LogP contribution in [0.5, 0.6) is 0 Å². The van der Waals surface area contributed by atoms with E-state index < -0.39 is 24.7 Å². The number of hydrogen-bond donors (Lipinski definition) is 1. The zero-order chi connectivity index (χ0) is 15.5. The highest BCUT2D eigenvalue weighted by Gasteiger charge is 2.35. The van der Waals surface area contributed by atoms with Crippen molar-refractivity contribution in [2.24, 2.45) is 0 Å². The van der Waals surface area contributed by atoms with Crippen molar-refractivity contribution in [3.05, 3.63) is 22.3 Å². The number of nitrogens with one attached hydrogen (secondary N) is 1. The van der Waals surface area contributed by atoms with Crippen LogP contribution in [0.25, 0.3) is 0 Å². The topological polar surface area (TPSA) is 45.2 Å². The van der Waals surface area contributed by atoms with Crippen LogP contribution in [0, 0.1) is 0 Å². The van der Waals surface area contributed by atoms with Gasteiger partial charge in [-0.2, -0.15) is 13.2 Å². The Labute approximate surface area is 123 Å². The first-order valence-corrected chi connectivity index (χ1v) is 6.66. The Bertz CT molecular complexity index is 491. The molecule has 1 heterocycles. The molecule has 0 spiro atoms. The van der Waals surface area contributed by atoms with Crippen molar-refractivity contribution in [2.75, 3.05) is 18.9 Å². The number of aromatic nitrogens is 1. The molecule has 0 unspecified atom stereocenters. The SMILES string of the molecule is CNc1ncc(Br)cc1C(=O)N(CC(F)(F)F)C(C)C. The fourth-order valence-electron chi connectivity index (χ4n) is 1.64. The van der Waals surface area contributed by atoms with Gasteiger partial charge in [0.15, 0.2) is 0 Å². The highest BCUT2D eigenvalue weighted by Crippen LogP contribution is 2.24. The first-order chi connectivity index (χ1) is 9.15. The zero-order valence-corrected chi connectivity index (χ0v) is 12.8. The third-order valence-electron chi connectivity index (χ3n) is 2.56. The van der Waals surface area contributed by atoms with Gasteiger partial charge in [0, 0.05) is 23.8 Å². The van der Waals surface area contributed by atoms with E-state index in [0.717, 1.165) is 4.90 Å². The van der Waals surface area contributed by atoms with E-state index in [1.807, 2.05) is 0 Å². The predicted molar refractivity (Wildman–Crippen MR) is 73.7 cm³/mol. The van der Waals surface area contributed by atoms with E-state index in [0.29, 0.717) is 4.47 Å². The molecular weight excluding hydrogens is 339 g/mol. The standard InChI is InChI=1S/C12H15BrF3N3O/c1-7(2)19(6-12(14,15)16)11(20)9-4-8(13)5-18-10(9)17-3/h4-5,7H,6H2,1-3H3,(H,17,18). The maximum absolute atomic E-state index is 12.6. The minimum absolute atomic E-state index is 0.0971. The van der Waals surface area contributed by atoms with Crippen LogP contribution >= 0.6 is 15.9 Å². The maximum atomic E-state index is 12.6. The zero-order valence-electron chi connectivity index (χ0n) is 11.3. The summed E-state index contributed by atoms with van der Waals surface area (Å²) in [5, 5.41) is 2.70. The molecule has 0 atom stereocenters. The Morgan fingerprint density at radius 1 is 1.50 bits per heavy atom. The molecule has 0 fully saturated rings. The van der Waals surface area contributed by atoms with Crippen molar-refractivity contribution in [3.63, 3.8) is 0 Å². The van der Waals surface area contributed by atoms with E-state index in [4.69, 9.17) is 0 Å². The van der Waals surface area contributed by atoms with Gasteiger partial charge in [0.05, 0.1) is 5.56 Å². The number of hydrogen-bond acceptors (Lipinski definition) is 3. The molecule has 0 aliphatic carbocycles. The number of amides is 1. The van der Waals surface area contributed by atoms with Crippen molar-refractivity contribution >= 4 is 27.7 Å². The van der Waals surface area contributed by atoms with Crippen molar-refractivity contribution in [3.8, 4) is 0 Å². The molecule has 0 saturated heterocycles. The van der Waals surface area contributed by atoms with Crippen molar-refractivity contribution in [1.29, 1.82) is 0 Å². The van der Waals surface area contributed by atoms with Crippen LogP contribution in [-0.4, -0.2) is 41.6 Å². The summed E-state index contributed by atoms with van der Waals surface area (Å²) >= 11 is 3.16. The molecule has 0 aliphatic rings. The number of nitrogens with zero attached hydrogens (tertiary/aromatic N) is 2. The van der Waals surface area contributed by atoms with Crippen LogP contribution < -0.4 is 5.32 Å². The monoisotopic (exact) mass is 353 g/mol. The number of anilines is 1. The van der Waals surface area contributed by atoms with Gasteiger partial charge in [-0.15, -0.1) is 0 Å². The van der Waals surface area contributed by atoms with Gasteiger partial charge >= 0.3 is 6.18 Å². The third-order valence-corrected chi connectivity index (χ3v) is 2.99. The van der Waals surface area contributed by atoms with Gasteiger partial charge in [-0.25, -0.2) is 4.98 Å². The number of carbonyl (C=O) groups is 1. The minimum Gasteiger partial charge on any atom is -0.372 e. The lowest BCUT2D eigenvalue weighted by atomic mass is 10.2. The lowest BCUT2D eigenvalue weighted by Crippen LogP contribution is -2.43. The van der Waals surface area contributed by atoms with E-state index in [1.54, 1.807) is 7.05 Å². The molecule has 1 amide bonds. The second-order valence-corrected chi connectivity index (χ2v) is 5.36. The Morgan fingerprint density at radius 2 is 2.10 bits per heavy atom. The summed E-state index contributed by atoms with van der Waals surface area (Å²) < 4.78 is 38.2. The molecule has 112 valence electrons. The molecule has 1 N–H and O–H groups in total. The number of halogens is 4. The highest BCUT2D eigenvalue weighted by atomic mass is 79.9. The molecule has 0 saturated carbocycles. The Balaban J connectivity index is 3.16. The molecule has 1 aromatic heterocycles. The minimum atomic E-state index is -4.45. The average Bonchev–Trinajstić information content (AvgIpc) is 2.33. The molecule has 1 rings (SSSR count). The smallest absolute Gasteiger partial charge is 0.372 e. The van der Waals surface area contributed by atoms with Gasteiger partial charge in [0.25, 0.3) is 5.91 Å². The Hall–Kier alpha value is -1.31. The summed E-state index contributed by atoms with van der Waals surface area (Å²) in [6.07, 6.45) is -2.98. The quantitative estimate of drug-likeness (QED) is 0.903. The largest absolute Gasteiger partial charge is 0.406 e. The number of carbonyl (C=O) groups excluding carboxylic acids is 1. The number of alkyl halides is 3. The summed E-state index contributed by atoms with van der Waals surface area (Å²) in [4.78, 5) is 17.1. The van der Waals surface area contributed by atoms with Gasteiger partial charge in [-0.3, -0.25) is 4.79 Å². The molecule has 0 aliphatic heterocycles. The second kappa shape index (κ2) is 6.43. The summed E-state index contributed by atoms with van der Waals surface area (Å²) in [5.41, 5.74) is 0.0971. The number of pyridine rings is 1. The van der Waals surface area contributed by atoms with E-state index in [2.05, 4.69) is 26.2 Å². The highest BCUT2D eigenvalue weighted by molar-refractivity contribution is 9.10. The van der Waals surface area contributed by atoms with Crippen LogP contribution in [0.2, 0.25) is 0 Å². The lowest BCUT2D eigenvalue weighted by Gasteiger charge is -2.28.